The Bertz CT molecular complexity index is 1280. The van der Waals surface area contributed by atoms with Crippen molar-refractivity contribution in [3.63, 3.8) is 0 Å². The van der Waals surface area contributed by atoms with Crippen molar-refractivity contribution in [2.24, 2.45) is 0 Å². The number of aromatic nitrogens is 2. The summed E-state index contributed by atoms with van der Waals surface area (Å²) in [5.41, 5.74) is 4.21. The van der Waals surface area contributed by atoms with Crippen LogP contribution in [0.25, 0.3) is 15.9 Å². The molecule has 1 saturated heterocycles. The van der Waals surface area contributed by atoms with Crippen molar-refractivity contribution in [2.45, 2.75) is 76.9 Å². The van der Waals surface area contributed by atoms with Gasteiger partial charge in [0.15, 0.2) is 5.16 Å². The predicted molar refractivity (Wildman–Crippen MR) is 137 cm³/mol. The second kappa shape index (κ2) is 9.26. The first-order chi connectivity index (χ1) is 15.9. The third-order valence-electron chi connectivity index (χ3n) is 7.01. The van der Waals surface area contributed by atoms with Crippen LogP contribution in [0.3, 0.4) is 0 Å². The average molecular weight is 482 g/mol. The number of carbonyl (C=O) groups is 1. The van der Waals surface area contributed by atoms with Crippen molar-refractivity contribution >= 4 is 39.2 Å². The molecule has 0 unspecified atom stereocenters. The largest absolute Gasteiger partial charge is 0.339 e. The number of aryl methyl sites for hydroxylation is 4. The van der Waals surface area contributed by atoms with Crippen LogP contribution in [-0.2, 0) is 17.6 Å². The Kier molecular flexibility index (Phi) is 6.36. The van der Waals surface area contributed by atoms with E-state index >= 15 is 0 Å². The third kappa shape index (κ3) is 4.26. The first kappa shape index (κ1) is 22.7. The van der Waals surface area contributed by atoms with Gasteiger partial charge in [-0.1, -0.05) is 23.9 Å². The highest BCUT2D eigenvalue weighted by molar-refractivity contribution is 7.99. The minimum absolute atomic E-state index is 0.00869. The summed E-state index contributed by atoms with van der Waals surface area (Å²) in [6.45, 7) is 7.03. The number of carbonyl (C=O) groups excluding carboxylic acids is 1. The number of hydrogen-bond donors (Lipinski definition) is 0. The highest BCUT2D eigenvalue weighted by Crippen LogP contribution is 2.35. The predicted octanol–water partition coefficient (Wildman–Crippen LogP) is 5.44. The van der Waals surface area contributed by atoms with E-state index in [1.807, 2.05) is 18.7 Å². The van der Waals surface area contributed by atoms with Gasteiger partial charge in [0.1, 0.15) is 4.83 Å². The summed E-state index contributed by atoms with van der Waals surface area (Å²) < 4.78 is 1.77. The van der Waals surface area contributed by atoms with Crippen LogP contribution in [0.2, 0.25) is 0 Å². The van der Waals surface area contributed by atoms with Gasteiger partial charge in [0.05, 0.1) is 16.8 Å². The van der Waals surface area contributed by atoms with Crippen molar-refractivity contribution in [1.29, 1.82) is 0 Å². The molecule has 0 saturated carbocycles. The molecule has 1 amide bonds. The maximum absolute atomic E-state index is 14.0. The van der Waals surface area contributed by atoms with Crippen molar-refractivity contribution in [1.82, 2.24) is 14.5 Å². The molecule has 1 fully saturated rings. The lowest BCUT2D eigenvalue weighted by Crippen LogP contribution is -2.43. The molecule has 5 nitrogen and oxygen atoms in total. The van der Waals surface area contributed by atoms with E-state index in [0.717, 1.165) is 65.7 Å². The van der Waals surface area contributed by atoms with Crippen molar-refractivity contribution in [3.8, 4) is 5.69 Å². The lowest BCUT2D eigenvalue weighted by molar-refractivity contribution is -0.131. The van der Waals surface area contributed by atoms with Crippen LogP contribution >= 0.6 is 23.1 Å². The monoisotopic (exact) mass is 481 g/mol. The van der Waals surface area contributed by atoms with Gasteiger partial charge in [0, 0.05) is 17.5 Å². The molecule has 7 heteroatoms. The molecule has 3 heterocycles. The molecule has 0 N–H and O–H groups in total. The zero-order valence-electron chi connectivity index (χ0n) is 19.6. The highest BCUT2D eigenvalue weighted by Gasteiger charge is 2.26. The van der Waals surface area contributed by atoms with E-state index in [4.69, 9.17) is 4.98 Å². The summed E-state index contributed by atoms with van der Waals surface area (Å²) in [5, 5.41) is 1.41. The topological polar surface area (TPSA) is 55.2 Å². The number of rotatable bonds is 4. The van der Waals surface area contributed by atoms with Crippen molar-refractivity contribution in [3.05, 3.63) is 50.1 Å². The van der Waals surface area contributed by atoms with Crippen LogP contribution in [-0.4, -0.2) is 38.7 Å². The second-order valence-corrected chi connectivity index (χ2v) is 11.5. The molecule has 2 aromatic heterocycles. The average Bonchev–Trinajstić information content (AvgIpc) is 3.18. The molecule has 33 heavy (non-hydrogen) atoms. The molecular weight excluding hydrogens is 450 g/mol. The summed E-state index contributed by atoms with van der Waals surface area (Å²) in [4.78, 5) is 36.2. The number of nitrogens with zero attached hydrogens (tertiary/aromatic N) is 3. The molecule has 0 spiro atoms. The van der Waals surface area contributed by atoms with Gasteiger partial charge >= 0.3 is 0 Å². The van der Waals surface area contributed by atoms with Crippen LogP contribution in [0.15, 0.2) is 28.2 Å². The van der Waals surface area contributed by atoms with E-state index in [-0.39, 0.29) is 17.5 Å². The Balaban J connectivity index is 1.60. The van der Waals surface area contributed by atoms with Gasteiger partial charge in [-0.3, -0.25) is 14.2 Å². The van der Waals surface area contributed by atoms with Gasteiger partial charge in [-0.15, -0.1) is 11.3 Å². The van der Waals surface area contributed by atoms with Gasteiger partial charge in [0.2, 0.25) is 5.91 Å². The number of benzene rings is 1. The lowest BCUT2D eigenvalue weighted by Gasteiger charge is -2.33. The van der Waals surface area contributed by atoms with Crippen molar-refractivity contribution in [2.75, 3.05) is 12.3 Å². The van der Waals surface area contributed by atoms with Gasteiger partial charge < -0.3 is 4.90 Å². The molecule has 0 radical (unpaired) electrons. The fraction of sp³-hybridized carbons (Fsp3) is 0.500. The van der Waals surface area contributed by atoms with Gasteiger partial charge in [-0.2, -0.15) is 0 Å². The third-order valence-corrected chi connectivity index (χ3v) is 9.12. The number of thioether (sulfide) groups is 1. The van der Waals surface area contributed by atoms with Crippen LogP contribution in [0, 0.1) is 13.8 Å². The first-order valence-corrected chi connectivity index (χ1v) is 13.8. The number of thiophene rings is 1. The Morgan fingerprint density at radius 3 is 2.82 bits per heavy atom. The minimum Gasteiger partial charge on any atom is -0.339 e. The lowest BCUT2D eigenvalue weighted by atomic mass is 9.97. The van der Waals surface area contributed by atoms with E-state index in [0.29, 0.717) is 10.9 Å². The van der Waals surface area contributed by atoms with E-state index < -0.39 is 0 Å². The number of amides is 1. The maximum Gasteiger partial charge on any atom is 0.267 e. The zero-order valence-corrected chi connectivity index (χ0v) is 21.3. The second-order valence-electron chi connectivity index (χ2n) is 9.44. The van der Waals surface area contributed by atoms with Crippen LogP contribution in [0.1, 0.15) is 60.6 Å². The number of likely N-dealkylation sites (tertiary alicyclic amines) is 1. The quantitative estimate of drug-likeness (QED) is 0.368. The number of hydrogen-bond acceptors (Lipinski definition) is 5. The van der Waals surface area contributed by atoms with E-state index in [2.05, 4.69) is 25.1 Å². The molecule has 3 aromatic rings. The highest BCUT2D eigenvalue weighted by atomic mass is 32.2. The standard InChI is InChI=1S/C26H31N3O2S2/c1-16-11-12-17(2)20(14-16)29-25(31)23-19-9-4-5-10-21(19)33-24(23)27-26(29)32-15-22(30)28-13-7-6-8-18(28)3/h11-12,14,18H,4-10,13,15H2,1-3H3/t18-/m1/s1. The molecule has 5 rings (SSSR count). The van der Waals surface area contributed by atoms with E-state index in [1.54, 1.807) is 15.9 Å². The summed E-state index contributed by atoms with van der Waals surface area (Å²) in [6, 6.07) is 6.46. The summed E-state index contributed by atoms with van der Waals surface area (Å²) in [7, 11) is 0. The van der Waals surface area contributed by atoms with E-state index in [1.165, 1.54) is 35.0 Å². The van der Waals surface area contributed by atoms with Gasteiger partial charge in [-0.05, 0) is 88.5 Å². The number of fused-ring (bicyclic) bond motifs is 3. The Morgan fingerprint density at radius 1 is 1.18 bits per heavy atom. The van der Waals surface area contributed by atoms with Crippen molar-refractivity contribution < 1.29 is 4.79 Å². The fourth-order valence-electron chi connectivity index (χ4n) is 5.13. The number of piperidine rings is 1. The molecule has 1 aliphatic heterocycles. The van der Waals surface area contributed by atoms with Crippen LogP contribution in [0.5, 0.6) is 0 Å². The zero-order chi connectivity index (χ0) is 23.1. The van der Waals surface area contributed by atoms with Gasteiger partial charge in [-0.25, -0.2) is 4.98 Å². The summed E-state index contributed by atoms with van der Waals surface area (Å²) >= 11 is 3.07. The fourth-order valence-corrected chi connectivity index (χ4v) is 7.33. The molecule has 1 aromatic carbocycles. The molecular formula is C26H31N3O2S2. The normalized spacial score (nSPS) is 18.5. The van der Waals surface area contributed by atoms with E-state index in [9.17, 15) is 9.59 Å². The summed E-state index contributed by atoms with van der Waals surface area (Å²) in [6.07, 6.45) is 7.61. The molecule has 2 aliphatic rings. The Labute approximate surface area is 203 Å². The Hall–Kier alpha value is -2.12. The smallest absolute Gasteiger partial charge is 0.267 e. The first-order valence-electron chi connectivity index (χ1n) is 12.0. The Morgan fingerprint density at radius 2 is 2.00 bits per heavy atom. The van der Waals surface area contributed by atoms with Crippen LogP contribution in [0.4, 0.5) is 0 Å². The molecule has 174 valence electrons. The molecule has 1 atom stereocenters. The molecule has 1 aliphatic carbocycles. The molecule has 0 bridgehead atoms. The minimum atomic E-state index is 0.00869. The maximum atomic E-state index is 14.0. The van der Waals surface area contributed by atoms with Crippen LogP contribution < -0.4 is 5.56 Å². The van der Waals surface area contributed by atoms with Gasteiger partial charge in [0.25, 0.3) is 5.56 Å². The summed E-state index contributed by atoms with van der Waals surface area (Å²) in [5.74, 6) is 0.442. The SMILES string of the molecule is Cc1ccc(C)c(-n2c(SCC(=O)N3CCCC[C@H]3C)nc3sc4c(c3c2=O)CCCC4)c1.